The highest BCUT2D eigenvalue weighted by atomic mass is 16.7. The van der Waals surface area contributed by atoms with E-state index in [0.717, 1.165) is 51.2 Å². The van der Waals surface area contributed by atoms with E-state index in [1.165, 1.54) is 0 Å². The standard InChI is InChI=1S/C29H31N3O2/c1-19-7-6-16-32(19)34-20(2)21-8-10-22(11-9-21)26-18-25-28(33-26)24(13-15-30-25)23-12-14-31-27(17-23)29(3,4)5/h6,8-20H,7H2,1-5H3. The van der Waals surface area contributed by atoms with Gasteiger partial charge in [0.05, 0.1) is 6.04 Å². The summed E-state index contributed by atoms with van der Waals surface area (Å²) in [6.45, 7) is 10.8. The Kier molecular flexibility index (Phi) is 5.74. The molecule has 0 spiro atoms. The lowest BCUT2D eigenvalue weighted by atomic mass is 9.90. The molecule has 0 radical (unpaired) electrons. The van der Waals surface area contributed by atoms with E-state index in [1.54, 1.807) is 0 Å². The van der Waals surface area contributed by atoms with Gasteiger partial charge in [-0.05, 0) is 49.6 Å². The van der Waals surface area contributed by atoms with Gasteiger partial charge in [0.25, 0.3) is 0 Å². The maximum Gasteiger partial charge on any atom is 0.161 e. The second-order valence-electron chi connectivity index (χ2n) is 10.1. The summed E-state index contributed by atoms with van der Waals surface area (Å²) in [7, 11) is 0. The van der Waals surface area contributed by atoms with Gasteiger partial charge in [-0.15, -0.1) is 0 Å². The molecule has 0 N–H and O–H groups in total. The van der Waals surface area contributed by atoms with Crippen LogP contribution in [0.3, 0.4) is 0 Å². The Morgan fingerprint density at radius 3 is 2.47 bits per heavy atom. The molecule has 0 saturated heterocycles. The average Bonchev–Trinajstić information content (AvgIpc) is 3.44. The number of aromatic nitrogens is 2. The zero-order valence-electron chi connectivity index (χ0n) is 20.4. The van der Waals surface area contributed by atoms with E-state index in [1.807, 2.05) is 41.9 Å². The van der Waals surface area contributed by atoms with Crippen LogP contribution in [0.1, 0.15) is 58.4 Å². The predicted molar refractivity (Wildman–Crippen MR) is 136 cm³/mol. The van der Waals surface area contributed by atoms with Crippen molar-refractivity contribution in [1.29, 1.82) is 0 Å². The molecule has 1 aromatic carbocycles. The number of pyridine rings is 2. The predicted octanol–water partition coefficient (Wildman–Crippen LogP) is 7.45. The van der Waals surface area contributed by atoms with Crippen molar-refractivity contribution >= 4 is 11.1 Å². The molecule has 0 fully saturated rings. The number of rotatable bonds is 5. The molecule has 0 aliphatic carbocycles. The van der Waals surface area contributed by atoms with Crippen LogP contribution >= 0.6 is 0 Å². The maximum absolute atomic E-state index is 6.36. The smallest absolute Gasteiger partial charge is 0.161 e. The number of benzene rings is 1. The van der Waals surface area contributed by atoms with Crippen molar-refractivity contribution < 1.29 is 9.25 Å². The Morgan fingerprint density at radius 2 is 1.76 bits per heavy atom. The van der Waals surface area contributed by atoms with Crippen LogP contribution in [-0.4, -0.2) is 21.1 Å². The van der Waals surface area contributed by atoms with E-state index in [0.29, 0.717) is 6.04 Å². The van der Waals surface area contributed by atoms with Gasteiger partial charge in [0.15, 0.2) is 5.58 Å². The molecule has 0 saturated carbocycles. The van der Waals surface area contributed by atoms with Crippen LogP contribution in [0.5, 0.6) is 0 Å². The fourth-order valence-corrected chi connectivity index (χ4v) is 4.23. The first-order chi connectivity index (χ1) is 16.3. The normalized spacial score (nSPS) is 17.0. The molecular weight excluding hydrogens is 422 g/mol. The summed E-state index contributed by atoms with van der Waals surface area (Å²) in [6, 6.07) is 16.9. The molecule has 4 heterocycles. The number of hydrogen-bond acceptors (Lipinski definition) is 5. The second-order valence-corrected chi connectivity index (χ2v) is 10.1. The minimum atomic E-state index is -0.0353. The molecule has 174 valence electrons. The molecule has 1 aliphatic rings. The number of furan rings is 1. The van der Waals surface area contributed by atoms with Gasteiger partial charge in [-0.2, -0.15) is 0 Å². The molecule has 1 aliphatic heterocycles. The molecule has 5 nitrogen and oxygen atoms in total. The van der Waals surface area contributed by atoms with Crippen LogP contribution in [0.4, 0.5) is 0 Å². The van der Waals surface area contributed by atoms with Gasteiger partial charge < -0.3 is 4.42 Å². The Hall–Kier alpha value is -3.44. The van der Waals surface area contributed by atoms with Crippen LogP contribution in [-0.2, 0) is 10.3 Å². The molecule has 2 atom stereocenters. The summed E-state index contributed by atoms with van der Waals surface area (Å²) >= 11 is 0. The average molecular weight is 454 g/mol. The third kappa shape index (κ3) is 4.36. The van der Waals surface area contributed by atoms with Crippen molar-refractivity contribution in [2.24, 2.45) is 0 Å². The summed E-state index contributed by atoms with van der Waals surface area (Å²) in [4.78, 5) is 15.2. The molecular formula is C29H31N3O2. The lowest BCUT2D eigenvalue weighted by Crippen LogP contribution is -2.25. The highest BCUT2D eigenvalue weighted by molar-refractivity contribution is 5.92. The minimum Gasteiger partial charge on any atom is -0.454 e. The van der Waals surface area contributed by atoms with Crippen molar-refractivity contribution in [1.82, 2.24) is 15.0 Å². The van der Waals surface area contributed by atoms with E-state index in [-0.39, 0.29) is 11.5 Å². The first-order valence-electron chi connectivity index (χ1n) is 11.9. The Bertz CT molecular complexity index is 1330. The van der Waals surface area contributed by atoms with Crippen LogP contribution in [0.15, 0.2) is 77.6 Å². The fourth-order valence-electron chi connectivity index (χ4n) is 4.23. The summed E-state index contributed by atoms with van der Waals surface area (Å²) < 4.78 is 6.36. The Balaban J connectivity index is 1.43. The second kappa shape index (κ2) is 8.73. The van der Waals surface area contributed by atoms with Gasteiger partial charge in [0, 0.05) is 46.9 Å². The topological polar surface area (TPSA) is 51.4 Å². The molecule has 0 bridgehead atoms. The van der Waals surface area contributed by atoms with Gasteiger partial charge in [-0.3, -0.25) is 19.9 Å². The largest absolute Gasteiger partial charge is 0.454 e. The first-order valence-corrected chi connectivity index (χ1v) is 11.9. The Morgan fingerprint density at radius 1 is 1.00 bits per heavy atom. The van der Waals surface area contributed by atoms with E-state index in [9.17, 15) is 0 Å². The van der Waals surface area contributed by atoms with E-state index in [4.69, 9.17) is 9.25 Å². The highest BCUT2D eigenvalue weighted by Gasteiger charge is 2.20. The lowest BCUT2D eigenvalue weighted by Gasteiger charge is -2.25. The van der Waals surface area contributed by atoms with Crippen molar-refractivity contribution in [2.45, 2.75) is 58.6 Å². The van der Waals surface area contributed by atoms with Gasteiger partial charge in [0.1, 0.15) is 17.4 Å². The van der Waals surface area contributed by atoms with Gasteiger partial charge in [0.2, 0.25) is 0 Å². The van der Waals surface area contributed by atoms with Crippen molar-refractivity contribution in [3.05, 3.63) is 84.5 Å². The van der Waals surface area contributed by atoms with E-state index in [2.05, 4.69) is 81.0 Å². The zero-order valence-corrected chi connectivity index (χ0v) is 20.4. The minimum absolute atomic E-state index is 0.0256. The third-order valence-electron chi connectivity index (χ3n) is 6.36. The van der Waals surface area contributed by atoms with Crippen LogP contribution in [0.2, 0.25) is 0 Å². The van der Waals surface area contributed by atoms with Crippen molar-refractivity contribution in [3.63, 3.8) is 0 Å². The summed E-state index contributed by atoms with van der Waals surface area (Å²) in [5, 5.41) is 1.94. The van der Waals surface area contributed by atoms with Gasteiger partial charge >= 0.3 is 0 Å². The maximum atomic E-state index is 6.36. The summed E-state index contributed by atoms with van der Waals surface area (Å²) in [6.07, 6.45) is 8.84. The monoisotopic (exact) mass is 453 g/mol. The SMILES string of the molecule is CC(ON1C=CCC1C)c1ccc(-c2cc3nccc(-c4ccnc(C(C)(C)C)c4)c3o2)cc1. The third-order valence-corrected chi connectivity index (χ3v) is 6.36. The molecule has 2 unspecified atom stereocenters. The number of fused-ring (bicyclic) bond motifs is 1. The molecule has 3 aromatic heterocycles. The molecule has 0 amide bonds. The Labute approximate surface area is 201 Å². The van der Waals surface area contributed by atoms with Gasteiger partial charge in [-0.25, -0.2) is 0 Å². The van der Waals surface area contributed by atoms with Crippen molar-refractivity contribution in [3.8, 4) is 22.5 Å². The molecule has 5 heteroatoms. The van der Waals surface area contributed by atoms with E-state index >= 15 is 0 Å². The van der Waals surface area contributed by atoms with Crippen LogP contribution in [0.25, 0.3) is 33.6 Å². The summed E-state index contributed by atoms with van der Waals surface area (Å²) in [5.41, 5.74) is 6.90. The van der Waals surface area contributed by atoms with Gasteiger partial charge in [-0.1, -0.05) is 51.1 Å². The first kappa shape index (κ1) is 22.4. The molecule has 4 aromatic rings. The number of hydroxylamine groups is 2. The fraction of sp³-hybridized carbons (Fsp3) is 0.310. The van der Waals surface area contributed by atoms with Crippen molar-refractivity contribution in [2.75, 3.05) is 0 Å². The zero-order chi connectivity index (χ0) is 23.9. The summed E-state index contributed by atoms with van der Waals surface area (Å²) in [5.74, 6) is 0.802. The van der Waals surface area contributed by atoms with E-state index < -0.39 is 0 Å². The lowest BCUT2D eigenvalue weighted by molar-refractivity contribution is -0.175. The highest BCUT2D eigenvalue weighted by Crippen LogP contribution is 2.35. The number of nitrogens with zero attached hydrogens (tertiary/aromatic N) is 3. The number of hydrogen-bond donors (Lipinski definition) is 0. The van der Waals surface area contributed by atoms with Crippen LogP contribution < -0.4 is 0 Å². The van der Waals surface area contributed by atoms with Crippen LogP contribution in [0, 0.1) is 0 Å². The molecule has 5 rings (SSSR count). The quantitative estimate of drug-likeness (QED) is 0.314. The molecule has 34 heavy (non-hydrogen) atoms.